The summed E-state index contributed by atoms with van der Waals surface area (Å²) in [7, 11) is 0. The number of aliphatic hydroxyl groups is 2. The lowest BCUT2D eigenvalue weighted by atomic mass is 10.2. The topological polar surface area (TPSA) is 189 Å². The number of ether oxygens (including phenoxy) is 8. The Morgan fingerprint density at radius 1 is 0.613 bits per heavy atom. The quantitative estimate of drug-likeness (QED) is 0.0146. The summed E-state index contributed by atoms with van der Waals surface area (Å²) < 4.78 is 45.8. The second-order valence-electron chi connectivity index (χ2n) is 13.4. The van der Waals surface area contributed by atoms with Gasteiger partial charge in [-0.1, -0.05) is 77.9 Å². The molecular formula is C44H74N4O10P2S2-4. The van der Waals surface area contributed by atoms with E-state index < -0.39 is 12.2 Å². The van der Waals surface area contributed by atoms with Gasteiger partial charge in [-0.2, -0.15) is 23.5 Å². The number of nitrogens with two attached hydrogens (primary N) is 1. The third-order valence-electron chi connectivity index (χ3n) is 7.84. The summed E-state index contributed by atoms with van der Waals surface area (Å²) in [5.41, 5.74) is 16.0. The first kappa shape index (κ1) is 62.4. The summed E-state index contributed by atoms with van der Waals surface area (Å²) in [5.74, 6) is 4.00. The first-order valence-electron chi connectivity index (χ1n) is 20.7. The van der Waals surface area contributed by atoms with Crippen LogP contribution in [0, 0.1) is 0 Å². The molecule has 2 rings (SSSR count). The minimum absolute atomic E-state index is 0. The Kier molecular flexibility index (Phi) is 49.1. The largest absolute Gasteiger partial charge is 3.00 e. The first-order chi connectivity index (χ1) is 29.5. The zero-order valence-corrected chi connectivity index (χ0v) is 40.2. The first-order valence-corrected chi connectivity index (χ1v) is 23.0. The van der Waals surface area contributed by atoms with Gasteiger partial charge < -0.3 is 73.6 Å². The molecule has 0 amide bonds. The molecule has 0 saturated heterocycles. The van der Waals surface area contributed by atoms with Gasteiger partial charge in [-0.3, -0.25) is 0 Å². The van der Waals surface area contributed by atoms with Crippen molar-refractivity contribution >= 4 is 43.3 Å². The van der Waals surface area contributed by atoms with E-state index in [0.717, 1.165) is 66.4 Å². The van der Waals surface area contributed by atoms with Crippen LogP contribution < -0.4 is 5.73 Å². The van der Waals surface area contributed by atoms with Crippen LogP contribution >= 0.6 is 43.3 Å². The van der Waals surface area contributed by atoms with Crippen LogP contribution in [0.25, 0.3) is 10.4 Å². The normalized spacial score (nSPS) is 12.6. The predicted molar refractivity (Wildman–Crippen MR) is 260 cm³/mol. The Morgan fingerprint density at radius 2 is 1.05 bits per heavy atom. The lowest BCUT2D eigenvalue weighted by Gasteiger charge is -3.00. The molecule has 356 valence electrons. The highest BCUT2D eigenvalue weighted by Crippen LogP contribution is 2.09. The monoisotopic (exact) mass is 944 g/mol. The fourth-order valence-corrected chi connectivity index (χ4v) is 6.60. The van der Waals surface area contributed by atoms with Crippen molar-refractivity contribution in [2.75, 3.05) is 115 Å². The number of thioether (sulfide) groups is 2. The van der Waals surface area contributed by atoms with Crippen molar-refractivity contribution in [1.29, 1.82) is 0 Å². The van der Waals surface area contributed by atoms with Crippen LogP contribution in [0.2, 0.25) is 0 Å². The summed E-state index contributed by atoms with van der Waals surface area (Å²) in [6.45, 7) is 13.7. The maximum absolute atomic E-state index is 10.4. The molecule has 0 saturated carbocycles. The molecule has 18 heteroatoms. The van der Waals surface area contributed by atoms with Gasteiger partial charge in [0, 0.05) is 24.7 Å². The van der Waals surface area contributed by atoms with Gasteiger partial charge >= 0.3 is 0 Å². The second kappa shape index (κ2) is 48.8. The maximum atomic E-state index is 10.4. The van der Waals surface area contributed by atoms with Crippen LogP contribution in [-0.4, -0.2) is 150 Å². The summed E-state index contributed by atoms with van der Waals surface area (Å²) in [5, 5.41) is 23.5. The van der Waals surface area contributed by atoms with E-state index >= 15 is 0 Å². The molecular weight excluding hydrogens is 871 g/mol. The zero-order valence-electron chi connectivity index (χ0n) is 36.5. The molecule has 0 radical (unpaired) electrons. The van der Waals surface area contributed by atoms with Gasteiger partial charge in [0.1, 0.15) is 24.4 Å². The molecule has 62 heavy (non-hydrogen) atoms. The van der Waals surface area contributed by atoms with Crippen molar-refractivity contribution in [1.82, 2.24) is 0 Å². The molecule has 0 aliphatic rings. The van der Waals surface area contributed by atoms with E-state index in [4.69, 9.17) is 49.2 Å². The standard InChI is InChI=1S/C31H54N4O7S2.C13H18O3.H2P.P/c1-2-14-37-24-30(26-40-21-28-10-4-3-5-11-28)42-27-31(25-39-16-9-20-44-18-7-13-34-35-33)41-23-29(36)22-38-15-8-19-43-17-6-12-32;1-2-8-15-10-13(14)11-16-9-12-6-4-3-5-7-12;;/h2-5,10-11,29-31,36H,1,6-9,12-27,32H2;2-7,13-14H,1,8-11H2;1H2;/q;;-1;-3. The van der Waals surface area contributed by atoms with Crippen molar-refractivity contribution in [3.8, 4) is 0 Å². The number of aliphatic hydroxyl groups excluding tert-OH is 2. The average molecular weight is 945 g/mol. The Bertz CT molecular complexity index is 1300. The maximum Gasteiger partial charge on any atom is 0.104 e. The van der Waals surface area contributed by atoms with Crippen LogP contribution in [0.1, 0.15) is 36.8 Å². The number of benzene rings is 2. The van der Waals surface area contributed by atoms with Gasteiger partial charge in [-0.25, -0.2) is 0 Å². The van der Waals surface area contributed by atoms with E-state index in [2.05, 4.69) is 23.2 Å². The predicted octanol–water partition coefficient (Wildman–Crippen LogP) is 7.82. The molecule has 0 aliphatic carbocycles. The van der Waals surface area contributed by atoms with Gasteiger partial charge in [-0.15, -0.1) is 13.2 Å². The van der Waals surface area contributed by atoms with E-state index in [9.17, 15) is 10.2 Å². The van der Waals surface area contributed by atoms with Gasteiger partial charge in [-0.05, 0) is 71.9 Å². The number of azide groups is 1. The van der Waals surface area contributed by atoms with Crippen LogP contribution in [0.4, 0.5) is 0 Å². The lowest BCUT2D eigenvalue weighted by molar-refractivity contribution is -0.123. The Balaban J connectivity index is 0. The highest BCUT2D eigenvalue weighted by molar-refractivity contribution is 7.99. The summed E-state index contributed by atoms with van der Waals surface area (Å²) in [6, 6.07) is 19.8. The van der Waals surface area contributed by atoms with Gasteiger partial charge in [0.25, 0.3) is 0 Å². The summed E-state index contributed by atoms with van der Waals surface area (Å²) in [6.07, 6.45) is 5.07. The number of hydrogen-bond acceptors (Lipinski definition) is 14. The number of hydrogen-bond donors (Lipinski definition) is 3. The third-order valence-corrected chi connectivity index (χ3v) is 10.1. The van der Waals surface area contributed by atoms with E-state index in [1.807, 2.05) is 84.2 Å². The highest BCUT2D eigenvalue weighted by Gasteiger charge is 2.18. The van der Waals surface area contributed by atoms with Crippen LogP contribution in [0.3, 0.4) is 0 Å². The van der Waals surface area contributed by atoms with E-state index in [0.29, 0.717) is 66.0 Å². The zero-order chi connectivity index (χ0) is 43.4. The molecule has 0 aliphatic heterocycles. The Hall–Kier alpha value is -1.65. The molecule has 4 unspecified atom stereocenters. The third kappa shape index (κ3) is 41.1. The number of rotatable bonds is 41. The molecule has 0 heterocycles. The van der Waals surface area contributed by atoms with E-state index in [-0.39, 0.29) is 65.0 Å². The summed E-state index contributed by atoms with van der Waals surface area (Å²) in [4.78, 5) is 2.77. The van der Waals surface area contributed by atoms with Crippen molar-refractivity contribution in [2.45, 2.75) is 63.3 Å². The molecule has 0 aromatic heterocycles. The number of nitrogens with zero attached hydrogens (tertiary/aromatic N) is 3. The molecule has 2 aromatic carbocycles. The molecule has 0 bridgehead atoms. The molecule has 2 aromatic rings. The smallest absolute Gasteiger partial charge is 0.104 e. The van der Waals surface area contributed by atoms with Crippen LogP contribution in [0.15, 0.2) is 91.1 Å². The molecule has 4 N–H and O–H groups in total. The fraction of sp³-hybridized carbons (Fsp3) is 0.636. The Labute approximate surface area is 387 Å². The van der Waals surface area contributed by atoms with E-state index in [1.165, 1.54) is 0 Å². The van der Waals surface area contributed by atoms with Crippen molar-refractivity contribution in [3.63, 3.8) is 0 Å². The van der Waals surface area contributed by atoms with Gasteiger partial charge in [0.2, 0.25) is 0 Å². The van der Waals surface area contributed by atoms with Crippen LogP contribution in [-0.2, 0) is 51.1 Å². The van der Waals surface area contributed by atoms with E-state index in [1.54, 1.807) is 12.2 Å². The molecule has 0 spiro atoms. The minimum Gasteiger partial charge on any atom is -3.00 e. The molecule has 0 fully saturated rings. The summed E-state index contributed by atoms with van der Waals surface area (Å²) >= 11 is 3.69. The highest BCUT2D eigenvalue weighted by atomic mass is 32.2. The lowest BCUT2D eigenvalue weighted by Crippen LogP contribution is -2.35. The van der Waals surface area contributed by atoms with Gasteiger partial charge in [0.05, 0.1) is 79.3 Å². The fourth-order valence-electron chi connectivity index (χ4n) is 4.85. The second-order valence-corrected chi connectivity index (χ2v) is 15.9. The molecule has 4 atom stereocenters. The average Bonchev–Trinajstić information content (AvgIpc) is 3.26. The van der Waals surface area contributed by atoms with Gasteiger partial charge in [0.15, 0.2) is 0 Å². The van der Waals surface area contributed by atoms with Crippen LogP contribution in [0.5, 0.6) is 0 Å². The van der Waals surface area contributed by atoms with Crippen molar-refractivity contribution < 1.29 is 48.1 Å². The van der Waals surface area contributed by atoms with Crippen molar-refractivity contribution in [2.24, 2.45) is 10.8 Å². The molecule has 14 nitrogen and oxygen atoms in total. The Morgan fingerprint density at radius 3 is 1.63 bits per heavy atom. The van der Waals surface area contributed by atoms with Crippen molar-refractivity contribution in [3.05, 3.63) is 108 Å². The minimum atomic E-state index is -0.745. The SMILES string of the molecule is C=CCOCC(COCc1ccccc1)OCC(COCCCSCCCN=[N+]=[N-])OCC(O)COCCCSCCCN.C=CCOCC(O)COCc1ccccc1.[P-3].[PH2-].